The van der Waals surface area contributed by atoms with E-state index in [9.17, 15) is 9.59 Å². The van der Waals surface area contributed by atoms with Crippen molar-refractivity contribution in [1.29, 1.82) is 0 Å². The van der Waals surface area contributed by atoms with Crippen molar-refractivity contribution in [2.24, 2.45) is 5.92 Å². The fraction of sp³-hybridized carbons (Fsp3) is 0.190. The molecule has 4 rings (SSSR count). The molecular weight excluding hydrogens is 376 g/mol. The van der Waals surface area contributed by atoms with Gasteiger partial charge in [0, 0.05) is 28.7 Å². The number of nitrogens with zero attached hydrogens (tertiary/aromatic N) is 2. The van der Waals surface area contributed by atoms with Crippen LogP contribution in [0, 0.1) is 5.92 Å². The molecule has 1 aromatic heterocycles. The highest BCUT2D eigenvalue weighted by Gasteiger charge is 2.29. The summed E-state index contributed by atoms with van der Waals surface area (Å²) in [5.41, 5.74) is 2.40. The van der Waals surface area contributed by atoms with Gasteiger partial charge in [-0.1, -0.05) is 23.7 Å². The molecule has 0 aliphatic heterocycles. The minimum Gasteiger partial charge on any atom is -0.348 e. The Labute approximate surface area is 167 Å². The van der Waals surface area contributed by atoms with E-state index in [1.807, 2.05) is 24.3 Å². The number of rotatable bonds is 6. The molecule has 2 amide bonds. The van der Waals surface area contributed by atoms with E-state index in [-0.39, 0.29) is 17.7 Å². The molecular formula is C21H19ClN4O2. The Bertz CT molecular complexity index is 992. The Morgan fingerprint density at radius 1 is 1.07 bits per heavy atom. The molecule has 2 aromatic carbocycles. The monoisotopic (exact) mass is 394 g/mol. The van der Waals surface area contributed by atoms with Crippen molar-refractivity contribution in [2.45, 2.75) is 19.4 Å². The van der Waals surface area contributed by atoms with E-state index in [2.05, 4.69) is 15.6 Å². The first kappa shape index (κ1) is 18.3. The average Bonchev–Trinajstić information content (AvgIpc) is 3.47. The van der Waals surface area contributed by atoms with E-state index >= 15 is 0 Å². The summed E-state index contributed by atoms with van der Waals surface area (Å²) in [5.74, 6) is 0.542. The van der Waals surface area contributed by atoms with Crippen LogP contribution in [0.3, 0.4) is 0 Å². The van der Waals surface area contributed by atoms with Gasteiger partial charge in [-0.15, -0.1) is 0 Å². The molecule has 28 heavy (non-hydrogen) atoms. The summed E-state index contributed by atoms with van der Waals surface area (Å²) in [5, 5.41) is 6.37. The molecule has 1 fully saturated rings. The van der Waals surface area contributed by atoms with Crippen molar-refractivity contribution in [3.63, 3.8) is 0 Å². The highest BCUT2D eigenvalue weighted by molar-refractivity contribution is 6.30. The van der Waals surface area contributed by atoms with Crippen LogP contribution >= 0.6 is 11.6 Å². The Hall–Kier alpha value is -3.12. The molecule has 1 heterocycles. The fourth-order valence-electron chi connectivity index (χ4n) is 2.77. The Kier molecular flexibility index (Phi) is 5.12. The van der Waals surface area contributed by atoms with Gasteiger partial charge in [0.25, 0.3) is 5.91 Å². The number of carbonyl (C=O) groups is 2. The maximum Gasteiger partial charge on any atom is 0.251 e. The summed E-state index contributed by atoms with van der Waals surface area (Å²) in [7, 11) is 0. The van der Waals surface area contributed by atoms with Crippen LogP contribution in [0.1, 0.15) is 28.8 Å². The van der Waals surface area contributed by atoms with Crippen LogP contribution in [0.5, 0.6) is 0 Å². The van der Waals surface area contributed by atoms with Gasteiger partial charge in [-0.3, -0.25) is 9.59 Å². The standard InChI is InChI=1S/C21H19ClN4O2/c22-17-7-1-14(2-8-17)11-23-20(27)15-5-9-18(10-6-15)26-12-19(24-13-26)25-21(28)16-3-4-16/h1-2,5-10,12-13,16H,3-4,11H2,(H,23,27)(H,25,28). The van der Waals surface area contributed by atoms with Gasteiger partial charge in [-0.2, -0.15) is 0 Å². The van der Waals surface area contributed by atoms with Crippen LogP contribution in [-0.2, 0) is 11.3 Å². The maximum absolute atomic E-state index is 12.3. The molecule has 6 nitrogen and oxygen atoms in total. The predicted octanol–water partition coefficient (Wildman–Crippen LogP) is 3.80. The number of hydrogen-bond acceptors (Lipinski definition) is 3. The number of aromatic nitrogens is 2. The second-order valence-corrected chi connectivity index (χ2v) is 7.22. The predicted molar refractivity (Wildman–Crippen MR) is 108 cm³/mol. The summed E-state index contributed by atoms with van der Waals surface area (Å²) < 4.78 is 1.80. The zero-order valence-corrected chi connectivity index (χ0v) is 15.8. The van der Waals surface area contributed by atoms with Crippen LogP contribution < -0.4 is 10.6 Å². The van der Waals surface area contributed by atoms with Gasteiger partial charge in [-0.25, -0.2) is 4.98 Å². The quantitative estimate of drug-likeness (QED) is 0.667. The van der Waals surface area contributed by atoms with Crippen molar-refractivity contribution in [2.75, 3.05) is 5.32 Å². The lowest BCUT2D eigenvalue weighted by Gasteiger charge is -2.07. The first-order valence-corrected chi connectivity index (χ1v) is 9.44. The molecule has 7 heteroatoms. The lowest BCUT2D eigenvalue weighted by molar-refractivity contribution is -0.117. The minimum absolute atomic E-state index is 0.0259. The Morgan fingerprint density at radius 2 is 1.79 bits per heavy atom. The van der Waals surface area contributed by atoms with Crippen molar-refractivity contribution in [3.05, 3.63) is 77.2 Å². The molecule has 142 valence electrons. The largest absolute Gasteiger partial charge is 0.348 e. The minimum atomic E-state index is -0.149. The molecule has 3 aromatic rings. The van der Waals surface area contributed by atoms with Crippen molar-refractivity contribution >= 4 is 29.2 Å². The van der Waals surface area contributed by atoms with E-state index in [4.69, 9.17) is 11.6 Å². The van der Waals surface area contributed by atoms with Crippen LogP contribution in [-0.4, -0.2) is 21.4 Å². The number of halogens is 1. The summed E-state index contributed by atoms with van der Waals surface area (Å²) >= 11 is 5.86. The van der Waals surface area contributed by atoms with E-state index in [0.29, 0.717) is 22.9 Å². The molecule has 1 saturated carbocycles. The van der Waals surface area contributed by atoms with Gasteiger partial charge in [0.05, 0.1) is 6.20 Å². The smallest absolute Gasteiger partial charge is 0.251 e. The molecule has 0 spiro atoms. The third-order valence-corrected chi connectivity index (χ3v) is 4.83. The van der Waals surface area contributed by atoms with E-state index < -0.39 is 0 Å². The van der Waals surface area contributed by atoms with Gasteiger partial charge in [0.1, 0.15) is 6.33 Å². The van der Waals surface area contributed by atoms with E-state index in [1.54, 1.807) is 41.4 Å². The second-order valence-electron chi connectivity index (χ2n) is 6.79. The summed E-state index contributed by atoms with van der Waals surface area (Å²) in [6.45, 7) is 0.434. The first-order valence-electron chi connectivity index (χ1n) is 9.06. The third-order valence-electron chi connectivity index (χ3n) is 4.58. The van der Waals surface area contributed by atoms with Crippen LogP contribution in [0.25, 0.3) is 5.69 Å². The number of hydrogen-bond donors (Lipinski definition) is 2. The number of carbonyl (C=O) groups excluding carboxylic acids is 2. The zero-order chi connectivity index (χ0) is 19.5. The van der Waals surface area contributed by atoms with Gasteiger partial charge >= 0.3 is 0 Å². The number of anilines is 1. The highest BCUT2D eigenvalue weighted by atomic mass is 35.5. The Balaban J connectivity index is 1.36. The van der Waals surface area contributed by atoms with Gasteiger partial charge in [0.15, 0.2) is 5.82 Å². The van der Waals surface area contributed by atoms with E-state index in [0.717, 1.165) is 24.1 Å². The van der Waals surface area contributed by atoms with Crippen LogP contribution in [0.4, 0.5) is 5.82 Å². The topological polar surface area (TPSA) is 76.0 Å². The van der Waals surface area contributed by atoms with Crippen molar-refractivity contribution in [3.8, 4) is 5.69 Å². The number of nitrogens with one attached hydrogen (secondary N) is 2. The number of imidazole rings is 1. The summed E-state index contributed by atoms with van der Waals surface area (Å²) in [4.78, 5) is 28.3. The SMILES string of the molecule is O=C(NCc1ccc(Cl)cc1)c1ccc(-n2cnc(NC(=O)C3CC3)c2)cc1. The molecule has 0 unspecified atom stereocenters. The average molecular weight is 395 g/mol. The normalized spacial score (nSPS) is 13.2. The molecule has 0 radical (unpaired) electrons. The first-order chi connectivity index (χ1) is 13.6. The summed E-state index contributed by atoms with van der Waals surface area (Å²) in [6.07, 6.45) is 5.30. The molecule has 2 N–H and O–H groups in total. The Morgan fingerprint density at radius 3 is 2.46 bits per heavy atom. The van der Waals surface area contributed by atoms with Gasteiger partial charge < -0.3 is 15.2 Å². The van der Waals surface area contributed by atoms with Gasteiger partial charge in [0.2, 0.25) is 5.91 Å². The molecule has 0 atom stereocenters. The maximum atomic E-state index is 12.3. The van der Waals surface area contributed by atoms with Crippen LogP contribution in [0.15, 0.2) is 61.1 Å². The van der Waals surface area contributed by atoms with E-state index in [1.165, 1.54) is 0 Å². The lowest BCUT2D eigenvalue weighted by Crippen LogP contribution is -2.22. The molecule has 1 aliphatic carbocycles. The van der Waals surface area contributed by atoms with Crippen molar-refractivity contribution < 1.29 is 9.59 Å². The number of amides is 2. The molecule has 0 saturated heterocycles. The van der Waals surface area contributed by atoms with Crippen molar-refractivity contribution in [1.82, 2.24) is 14.9 Å². The third kappa shape index (κ3) is 4.40. The second kappa shape index (κ2) is 7.86. The molecule has 0 bridgehead atoms. The number of benzene rings is 2. The lowest BCUT2D eigenvalue weighted by atomic mass is 10.1. The van der Waals surface area contributed by atoms with Crippen LogP contribution in [0.2, 0.25) is 5.02 Å². The molecule has 1 aliphatic rings. The van der Waals surface area contributed by atoms with Gasteiger partial charge in [-0.05, 0) is 54.8 Å². The zero-order valence-electron chi connectivity index (χ0n) is 15.1. The highest BCUT2D eigenvalue weighted by Crippen LogP contribution is 2.30. The fourth-order valence-corrected chi connectivity index (χ4v) is 2.90. The summed E-state index contributed by atoms with van der Waals surface area (Å²) in [6, 6.07) is 14.5.